The Morgan fingerprint density at radius 2 is 1.88 bits per heavy atom. The fourth-order valence-corrected chi connectivity index (χ4v) is 4.07. The number of rotatable bonds is 8. The molecule has 0 aromatic heterocycles. The maximum absolute atomic E-state index is 11.9. The number of hydrogen-bond acceptors (Lipinski definition) is 3. The highest BCUT2D eigenvalue weighted by atomic mass is 32.2. The van der Waals surface area contributed by atoms with E-state index in [2.05, 4.69) is 49.2 Å². The molecule has 0 spiro atoms. The average Bonchev–Trinajstić information content (AvgIpc) is 2.52. The molecule has 1 aliphatic rings. The molecule has 1 aliphatic heterocycles. The Bertz CT molecular complexity index is 504. The molecule has 0 unspecified atom stereocenters. The minimum atomic E-state index is 0.164. The smallest absolute Gasteiger partial charge is 0.230 e. The maximum atomic E-state index is 11.9. The number of benzene rings is 1. The van der Waals surface area contributed by atoms with Gasteiger partial charge in [0.2, 0.25) is 5.91 Å². The maximum Gasteiger partial charge on any atom is 0.230 e. The Kier molecular flexibility index (Phi) is 8.13. The van der Waals surface area contributed by atoms with Crippen LogP contribution in [0.15, 0.2) is 18.2 Å². The van der Waals surface area contributed by atoms with Gasteiger partial charge in [-0.2, -0.15) is 0 Å². The highest BCUT2D eigenvalue weighted by Gasteiger charge is 2.14. The quantitative estimate of drug-likeness (QED) is 0.726. The van der Waals surface area contributed by atoms with Crippen molar-refractivity contribution in [1.82, 2.24) is 10.2 Å². The molecule has 1 N–H and O–H groups in total. The molecule has 0 bridgehead atoms. The summed E-state index contributed by atoms with van der Waals surface area (Å²) in [6.07, 6.45) is 3.70. The zero-order valence-corrected chi connectivity index (χ0v) is 16.3. The van der Waals surface area contributed by atoms with Crippen molar-refractivity contribution in [3.63, 3.8) is 0 Å². The van der Waals surface area contributed by atoms with Gasteiger partial charge in [-0.1, -0.05) is 36.2 Å². The first kappa shape index (κ1) is 19.3. The van der Waals surface area contributed by atoms with Crippen molar-refractivity contribution in [1.29, 1.82) is 0 Å². The summed E-state index contributed by atoms with van der Waals surface area (Å²) in [7, 11) is 0. The van der Waals surface area contributed by atoms with Gasteiger partial charge < -0.3 is 10.2 Å². The van der Waals surface area contributed by atoms with Gasteiger partial charge in [0, 0.05) is 12.3 Å². The number of nitrogens with zero attached hydrogens (tertiary/aromatic N) is 1. The van der Waals surface area contributed by atoms with E-state index in [9.17, 15) is 4.79 Å². The molecule has 1 heterocycles. The van der Waals surface area contributed by atoms with Crippen LogP contribution in [0.5, 0.6) is 0 Å². The first-order valence-corrected chi connectivity index (χ1v) is 10.3. The molecule has 4 heteroatoms. The van der Waals surface area contributed by atoms with Crippen LogP contribution in [-0.4, -0.2) is 42.7 Å². The molecule has 1 amide bonds. The third-order valence-electron chi connectivity index (χ3n) is 4.63. The number of aryl methyl sites for hydroxylation is 2. The SMILES string of the molecule is Cc1cc(C)cc(CSCC(=O)NCCCN2CCC(C)CC2)c1. The average molecular weight is 349 g/mol. The van der Waals surface area contributed by atoms with Gasteiger partial charge in [0.1, 0.15) is 0 Å². The van der Waals surface area contributed by atoms with E-state index >= 15 is 0 Å². The van der Waals surface area contributed by atoms with Crippen molar-refractivity contribution < 1.29 is 4.79 Å². The number of nitrogens with one attached hydrogen (secondary N) is 1. The summed E-state index contributed by atoms with van der Waals surface area (Å²) in [6, 6.07) is 6.60. The van der Waals surface area contributed by atoms with Gasteiger partial charge >= 0.3 is 0 Å². The van der Waals surface area contributed by atoms with Crippen molar-refractivity contribution in [3.05, 3.63) is 34.9 Å². The molecule has 24 heavy (non-hydrogen) atoms. The Labute approximate surface area is 151 Å². The van der Waals surface area contributed by atoms with Crippen molar-refractivity contribution in [2.45, 2.75) is 45.8 Å². The van der Waals surface area contributed by atoms with Crippen LogP contribution < -0.4 is 5.32 Å². The van der Waals surface area contributed by atoms with E-state index in [0.29, 0.717) is 5.75 Å². The lowest BCUT2D eigenvalue weighted by Gasteiger charge is -2.30. The summed E-state index contributed by atoms with van der Waals surface area (Å²) in [5.74, 6) is 2.50. The molecule has 0 radical (unpaired) electrons. The van der Waals surface area contributed by atoms with Gasteiger partial charge in [-0.3, -0.25) is 4.79 Å². The monoisotopic (exact) mass is 348 g/mol. The predicted molar refractivity (Wildman–Crippen MR) is 105 cm³/mol. The number of hydrogen-bond donors (Lipinski definition) is 1. The van der Waals surface area contributed by atoms with E-state index in [-0.39, 0.29) is 5.91 Å². The van der Waals surface area contributed by atoms with E-state index < -0.39 is 0 Å². The minimum Gasteiger partial charge on any atom is -0.355 e. The lowest BCUT2D eigenvalue weighted by Crippen LogP contribution is -2.35. The van der Waals surface area contributed by atoms with Crippen LogP contribution in [0.25, 0.3) is 0 Å². The Balaban J connectivity index is 1.53. The third-order valence-corrected chi connectivity index (χ3v) is 5.64. The molecule has 0 saturated carbocycles. The van der Waals surface area contributed by atoms with E-state index in [1.54, 1.807) is 11.8 Å². The van der Waals surface area contributed by atoms with Crippen LogP contribution in [0, 0.1) is 19.8 Å². The van der Waals surface area contributed by atoms with Crippen LogP contribution in [0.1, 0.15) is 42.9 Å². The van der Waals surface area contributed by atoms with Crippen LogP contribution in [0.3, 0.4) is 0 Å². The lowest BCUT2D eigenvalue weighted by atomic mass is 9.99. The number of piperidine rings is 1. The molecule has 3 nitrogen and oxygen atoms in total. The zero-order valence-electron chi connectivity index (χ0n) is 15.4. The Morgan fingerprint density at radius 3 is 2.54 bits per heavy atom. The lowest BCUT2D eigenvalue weighted by molar-refractivity contribution is -0.118. The van der Waals surface area contributed by atoms with Gasteiger partial charge in [-0.05, 0) is 64.2 Å². The van der Waals surface area contributed by atoms with Gasteiger partial charge in [0.15, 0.2) is 0 Å². The summed E-state index contributed by atoms with van der Waals surface area (Å²) in [4.78, 5) is 14.4. The first-order chi connectivity index (χ1) is 11.5. The molecule has 0 atom stereocenters. The van der Waals surface area contributed by atoms with Crippen molar-refractivity contribution in [2.24, 2.45) is 5.92 Å². The molecule has 134 valence electrons. The first-order valence-electron chi connectivity index (χ1n) is 9.17. The summed E-state index contributed by atoms with van der Waals surface area (Å²) < 4.78 is 0. The fourth-order valence-electron chi connectivity index (χ4n) is 3.28. The Morgan fingerprint density at radius 1 is 1.21 bits per heavy atom. The number of thioether (sulfide) groups is 1. The second kappa shape index (κ2) is 10.1. The van der Waals surface area contributed by atoms with Gasteiger partial charge in [0.05, 0.1) is 5.75 Å². The topological polar surface area (TPSA) is 32.3 Å². The summed E-state index contributed by atoms with van der Waals surface area (Å²) in [5.41, 5.74) is 3.90. The number of carbonyl (C=O) groups is 1. The minimum absolute atomic E-state index is 0.164. The predicted octanol–water partition coefficient (Wildman–Crippen LogP) is 3.77. The zero-order chi connectivity index (χ0) is 17.4. The third kappa shape index (κ3) is 7.27. The van der Waals surface area contributed by atoms with E-state index in [1.165, 1.54) is 42.6 Å². The number of amides is 1. The normalized spacial score (nSPS) is 16.3. The van der Waals surface area contributed by atoms with Crippen molar-refractivity contribution in [3.8, 4) is 0 Å². The standard InChI is InChI=1S/C20H32N2OS/c1-16-5-9-22(10-6-16)8-4-7-21-20(23)15-24-14-19-12-17(2)11-18(3)13-19/h11-13,16H,4-10,14-15H2,1-3H3,(H,21,23). The molecular weight excluding hydrogens is 316 g/mol. The van der Waals surface area contributed by atoms with Crippen LogP contribution >= 0.6 is 11.8 Å². The van der Waals surface area contributed by atoms with E-state index in [1.807, 2.05) is 0 Å². The number of likely N-dealkylation sites (tertiary alicyclic amines) is 1. The van der Waals surface area contributed by atoms with E-state index in [4.69, 9.17) is 0 Å². The Hall–Kier alpha value is -1.00. The van der Waals surface area contributed by atoms with Crippen molar-refractivity contribution >= 4 is 17.7 Å². The molecule has 1 fully saturated rings. The molecule has 1 aromatic carbocycles. The van der Waals surface area contributed by atoms with Crippen LogP contribution in [0.2, 0.25) is 0 Å². The van der Waals surface area contributed by atoms with Crippen LogP contribution in [-0.2, 0) is 10.5 Å². The van der Waals surface area contributed by atoms with Gasteiger partial charge in [-0.25, -0.2) is 0 Å². The van der Waals surface area contributed by atoms with E-state index in [0.717, 1.165) is 31.2 Å². The second-order valence-corrected chi connectivity index (χ2v) is 8.20. The highest BCUT2D eigenvalue weighted by Crippen LogP contribution is 2.16. The fraction of sp³-hybridized carbons (Fsp3) is 0.650. The van der Waals surface area contributed by atoms with Gasteiger partial charge in [-0.15, -0.1) is 11.8 Å². The summed E-state index contributed by atoms with van der Waals surface area (Å²) in [6.45, 7) is 10.9. The summed E-state index contributed by atoms with van der Waals surface area (Å²) in [5, 5.41) is 3.05. The second-order valence-electron chi connectivity index (χ2n) is 7.22. The molecule has 1 aromatic rings. The van der Waals surface area contributed by atoms with Crippen LogP contribution in [0.4, 0.5) is 0 Å². The van der Waals surface area contributed by atoms with Crippen molar-refractivity contribution in [2.75, 3.05) is 31.9 Å². The molecule has 2 rings (SSSR count). The molecule has 0 aliphatic carbocycles. The largest absolute Gasteiger partial charge is 0.355 e. The molecule has 1 saturated heterocycles. The van der Waals surface area contributed by atoms with Gasteiger partial charge in [0.25, 0.3) is 0 Å². The summed E-state index contributed by atoms with van der Waals surface area (Å²) >= 11 is 1.70. The molecular formula is C20H32N2OS. The number of carbonyl (C=O) groups excluding carboxylic acids is 1. The highest BCUT2D eigenvalue weighted by molar-refractivity contribution is 7.99.